The molecule has 0 fully saturated rings. The second kappa shape index (κ2) is 12.8. The Bertz CT molecular complexity index is 95.8. The molecule has 0 aromatic rings. The van der Waals surface area contributed by atoms with Crippen molar-refractivity contribution in [3.63, 3.8) is 0 Å². The number of rotatable bonds is 2. The Balaban J connectivity index is -0.000000149. The van der Waals surface area contributed by atoms with Crippen molar-refractivity contribution < 1.29 is 45.6 Å². The molecule has 0 aromatic carbocycles. The molecule has 65 valence electrons. The van der Waals surface area contributed by atoms with Gasteiger partial charge in [0.05, 0.1) is 0 Å². The molecular formula is CH3AgClO5P2. The summed E-state index contributed by atoms with van der Waals surface area (Å²) in [6.07, 6.45) is 1.47. The molecule has 9 heteroatoms. The van der Waals surface area contributed by atoms with Crippen molar-refractivity contribution in [2.75, 3.05) is 6.38 Å². The zero-order valence-electron chi connectivity index (χ0n) is 4.62. The normalized spacial score (nSPS) is 10.0. The zero-order valence-corrected chi connectivity index (χ0v) is 8.64. The van der Waals surface area contributed by atoms with Gasteiger partial charge in [0.15, 0.2) is 0 Å². The van der Waals surface area contributed by atoms with E-state index in [1.807, 2.05) is 0 Å². The minimum Gasteiger partial charge on any atom is -0.563 e. The standard InChI is InChI=1S/CH3Cl.Ag.O5P2/c1-2;;1-6(2)5-7(3)4/h1H3;;. The number of halogens is 1. The van der Waals surface area contributed by atoms with Gasteiger partial charge >= 0.3 is 16.5 Å². The van der Waals surface area contributed by atoms with Crippen LogP contribution in [0, 0.1) is 0 Å². The predicted octanol–water partition coefficient (Wildman–Crippen LogP) is -0.109. The van der Waals surface area contributed by atoms with Gasteiger partial charge in [0.2, 0.25) is 0 Å². The molecule has 0 aliphatic carbocycles. The molecule has 0 saturated carbocycles. The first-order valence-electron chi connectivity index (χ1n) is 1.47. The molecule has 0 amide bonds. The summed E-state index contributed by atoms with van der Waals surface area (Å²) in [6, 6.07) is 0. The molecule has 0 aromatic heterocycles. The molecule has 5 nitrogen and oxygen atoms in total. The van der Waals surface area contributed by atoms with Crippen LogP contribution in [-0.4, -0.2) is 6.38 Å². The van der Waals surface area contributed by atoms with Crippen LogP contribution in [-0.2, 0) is 35.8 Å². The first-order valence-corrected chi connectivity index (χ1v) is 4.42. The van der Waals surface area contributed by atoms with E-state index in [2.05, 4.69) is 15.9 Å². The van der Waals surface area contributed by atoms with Crippen molar-refractivity contribution in [3.8, 4) is 0 Å². The Kier molecular flexibility index (Phi) is 22.0. The van der Waals surface area contributed by atoms with Crippen LogP contribution < -0.4 is 9.79 Å². The van der Waals surface area contributed by atoms with Crippen LogP contribution >= 0.6 is 28.1 Å². The van der Waals surface area contributed by atoms with Crippen LogP contribution in [0.15, 0.2) is 0 Å². The number of hydrogen-bond donors (Lipinski definition) is 0. The minimum absolute atomic E-state index is 0. The van der Waals surface area contributed by atoms with Crippen LogP contribution in [0.3, 0.4) is 0 Å². The van der Waals surface area contributed by atoms with E-state index in [9.17, 15) is 18.9 Å². The summed E-state index contributed by atoms with van der Waals surface area (Å²) in [5, 5.41) is 0. The van der Waals surface area contributed by atoms with Crippen LogP contribution in [0.2, 0.25) is 0 Å². The predicted molar refractivity (Wildman–Crippen MR) is 28.1 cm³/mol. The Labute approximate surface area is 80.1 Å². The number of alkyl halides is 1. The van der Waals surface area contributed by atoms with Gasteiger partial charge in [-0.1, -0.05) is 0 Å². The van der Waals surface area contributed by atoms with Crippen molar-refractivity contribution in [2.45, 2.75) is 0 Å². The maximum atomic E-state index is 9.24. The first-order chi connectivity index (χ1) is 4.13. The summed E-state index contributed by atoms with van der Waals surface area (Å²) in [4.78, 5) is 18.5. The summed E-state index contributed by atoms with van der Waals surface area (Å²) < 4.78 is 21.6. The molecule has 0 rings (SSSR count). The average Bonchev–Trinajstić information content (AvgIpc) is 1.68. The van der Waals surface area contributed by atoms with E-state index in [0.717, 1.165) is 0 Å². The van der Waals surface area contributed by atoms with Crippen molar-refractivity contribution in [2.24, 2.45) is 0 Å². The van der Waals surface area contributed by atoms with Gasteiger partial charge in [-0.25, -0.2) is 0 Å². The minimum atomic E-state index is -3.24. The van der Waals surface area contributed by atoms with Gasteiger partial charge in [-0.15, -0.1) is 11.6 Å². The van der Waals surface area contributed by atoms with Gasteiger partial charge in [-0.05, 0) is 9.13 Å². The van der Waals surface area contributed by atoms with Gasteiger partial charge in [0.1, 0.15) is 4.31 Å². The monoisotopic (exact) mass is 299 g/mol. The van der Waals surface area contributed by atoms with Crippen LogP contribution in [0.5, 0.6) is 0 Å². The van der Waals surface area contributed by atoms with Crippen molar-refractivity contribution in [1.29, 1.82) is 0 Å². The van der Waals surface area contributed by atoms with Gasteiger partial charge in [-0.2, -0.15) is 0 Å². The summed E-state index contributed by atoms with van der Waals surface area (Å²) >= 11 is 4.64. The largest absolute Gasteiger partial charge is 0.563 e. The zero-order chi connectivity index (χ0) is 7.86. The van der Waals surface area contributed by atoms with Gasteiger partial charge in [-0.3, -0.25) is 0 Å². The molecule has 1 radical (unpaired) electrons. The SMILES string of the molecule is CCl.O=[P+]([O-])O[P+](=O)[O-].[Ag]. The first kappa shape index (κ1) is 17.3. The summed E-state index contributed by atoms with van der Waals surface area (Å²) in [7, 11) is -6.47. The fraction of sp³-hybridized carbons (Fsp3) is 1.00. The molecule has 2 atom stereocenters. The Morgan fingerprint density at radius 1 is 1.20 bits per heavy atom. The summed E-state index contributed by atoms with van der Waals surface area (Å²) in [5.41, 5.74) is 0. The second-order valence-electron chi connectivity index (χ2n) is 0.529. The molecule has 0 heterocycles. The Morgan fingerprint density at radius 3 is 1.40 bits per heavy atom. The second-order valence-corrected chi connectivity index (χ2v) is 2.08. The molecule has 0 aliphatic heterocycles. The summed E-state index contributed by atoms with van der Waals surface area (Å²) in [5.74, 6) is 0. The van der Waals surface area contributed by atoms with Crippen LogP contribution in [0.25, 0.3) is 0 Å². The molecule has 2 unspecified atom stereocenters. The van der Waals surface area contributed by atoms with Crippen LogP contribution in [0.1, 0.15) is 0 Å². The van der Waals surface area contributed by atoms with Crippen molar-refractivity contribution in [3.05, 3.63) is 0 Å². The maximum Gasteiger partial charge on any atom is 0.543 e. The van der Waals surface area contributed by atoms with E-state index in [-0.39, 0.29) is 22.4 Å². The Hall–Kier alpha value is 1.11. The third-order valence-electron chi connectivity index (χ3n) is 0.133. The van der Waals surface area contributed by atoms with E-state index in [0.29, 0.717) is 0 Å². The van der Waals surface area contributed by atoms with Crippen molar-refractivity contribution in [1.82, 2.24) is 0 Å². The fourth-order valence-electron chi connectivity index (χ4n) is 0.0544. The van der Waals surface area contributed by atoms with Gasteiger partial charge < -0.3 is 9.79 Å². The van der Waals surface area contributed by atoms with E-state index in [1.165, 1.54) is 6.38 Å². The van der Waals surface area contributed by atoms with Crippen LogP contribution in [0.4, 0.5) is 0 Å². The van der Waals surface area contributed by atoms with Gasteiger partial charge in [0, 0.05) is 28.8 Å². The van der Waals surface area contributed by atoms with E-state index >= 15 is 0 Å². The maximum absolute atomic E-state index is 9.24. The molecule has 0 spiro atoms. The molecule has 0 bridgehead atoms. The third kappa shape index (κ3) is 22.9. The van der Waals surface area contributed by atoms with E-state index in [4.69, 9.17) is 0 Å². The van der Waals surface area contributed by atoms with Gasteiger partial charge in [0.25, 0.3) is 0 Å². The quantitative estimate of drug-likeness (QED) is 0.403. The Morgan fingerprint density at radius 2 is 1.40 bits per heavy atom. The van der Waals surface area contributed by atoms with Crippen molar-refractivity contribution >= 4 is 28.1 Å². The van der Waals surface area contributed by atoms with E-state index in [1.54, 1.807) is 0 Å². The fourth-order valence-corrected chi connectivity index (χ4v) is 0.490. The molecule has 0 aliphatic rings. The van der Waals surface area contributed by atoms with E-state index < -0.39 is 16.5 Å². The third-order valence-corrected chi connectivity index (χ3v) is 1.20. The smallest absolute Gasteiger partial charge is 0.543 e. The average molecular weight is 300 g/mol. The molecule has 0 saturated heterocycles. The molecule has 10 heavy (non-hydrogen) atoms. The molecular weight excluding hydrogens is 297 g/mol. The topological polar surface area (TPSA) is 89.5 Å². The number of hydrogen-bond acceptors (Lipinski definition) is 5. The molecule has 0 N–H and O–H groups in total. The summed E-state index contributed by atoms with van der Waals surface area (Å²) in [6.45, 7) is 0.